The molecular weight excluding hydrogens is 592 g/mol. The van der Waals surface area contributed by atoms with Gasteiger partial charge in [-0.15, -0.1) is 0 Å². The number of carbonyl (C=O) groups excluding carboxylic acids is 2. The number of benzene rings is 2. The lowest BCUT2D eigenvalue weighted by Gasteiger charge is -2.32. The SMILES string of the molecule is CCC(C)NC(=O)C(C)N(Cc1c(Cl)cccc1Cl)C(=O)CN(c1cc(Cl)c(Cl)cc1Cl)S(C)(=O)=O. The minimum Gasteiger partial charge on any atom is -0.352 e. The Balaban J connectivity index is 2.52. The number of amides is 2. The average Bonchev–Trinajstić information content (AvgIpc) is 2.78. The van der Waals surface area contributed by atoms with Crippen LogP contribution in [-0.4, -0.2) is 50.0 Å². The zero-order valence-corrected chi connectivity index (χ0v) is 24.6. The van der Waals surface area contributed by atoms with E-state index in [1.165, 1.54) is 24.0 Å². The van der Waals surface area contributed by atoms with Crippen LogP contribution in [0, 0.1) is 0 Å². The van der Waals surface area contributed by atoms with Crippen LogP contribution >= 0.6 is 58.0 Å². The van der Waals surface area contributed by atoms with Crippen LogP contribution in [0.3, 0.4) is 0 Å². The standard InChI is InChI=1S/C23H26Cl5N3O4S/c1-5-13(2)29-23(33)14(3)30(11-15-16(24)7-6-8-17(15)25)22(32)12-31(36(4,34)35)21-10-19(27)18(26)9-20(21)28/h6-10,13-14H,5,11-12H2,1-4H3,(H,29,33). The van der Waals surface area contributed by atoms with E-state index in [2.05, 4.69) is 5.32 Å². The summed E-state index contributed by atoms with van der Waals surface area (Å²) in [5.41, 5.74) is 0.380. The highest BCUT2D eigenvalue weighted by Gasteiger charge is 2.32. The second-order valence-electron chi connectivity index (χ2n) is 8.20. The third-order valence-corrected chi connectivity index (χ3v) is 8.36. The average molecular weight is 618 g/mol. The molecule has 0 saturated heterocycles. The Bertz CT molecular complexity index is 1220. The predicted octanol–water partition coefficient (Wildman–Crippen LogP) is 6.05. The molecular formula is C23H26Cl5N3O4S. The lowest BCUT2D eigenvalue weighted by Crippen LogP contribution is -2.52. The molecule has 198 valence electrons. The summed E-state index contributed by atoms with van der Waals surface area (Å²) in [4.78, 5) is 27.8. The smallest absolute Gasteiger partial charge is 0.244 e. The molecule has 0 heterocycles. The minimum atomic E-state index is -4.01. The maximum Gasteiger partial charge on any atom is 0.244 e. The van der Waals surface area contributed by atoms with Crippen molar-refractivity contribution in [2.45, 2.75) is 45.8 Å². The Morgan fingerprint density at radius 1 is 0.944 bits per heavy atom. The topological polar surface area (TPSA) is 86.8 Å². The lowest BCUT2D eigenvalue weighted by molar-refractivity contribution is -0.139. The number of nitrogens with one attached hydrogen (secondary N) is 1. The van der Waals surface area contributed by atoms with Gasteiger partial charge in [0.15, 0.2) is 0 Å². The van der Waals surface area contributed by atoms with E-state index in [-0.39, 0.29) is 33.3 Å². The van der Waals surface area contributed by atoms with Gasteiger partial charge in [-0.25, -0.2) is 8.42 Å². The molecule has 2 amide bonds. The Morgan fingerprint density at radius 3 is 2.03 bits per heavy atom. The first kappa shape index (κ1) is 30.8. The Hall–Kier alpha value is -1.42. The Kier molecular flexibility index (Phi) is 11.0. The summed E-state index contributed by atoms with van der Waals surface area (Å²) >= 11 is 31.0. The van der Waals surface area contributed by atoms with Gasteiger partial charge in [0.1, 0.15) is 12.6 Å². The molecule has 0 aliphatic carbocycles. The van der Waals surface area contributed by atoms with Gasteiger partial charge in [-0.3, -0.25) is 13.9 Å². The molecule has 0 saturated carbocycles. The van der Waals surface area contributed by atoms with Crippen molar-refractivity contribution >= 4 is 85.5 Å². The van der Waals surface area contributed by atoms with Crippen molar-refractivity contribution in [1.82, 2.24) is 10.2 Å². The molecule has 2 aromatic carbocycles. The Labute approximate surface area is 236 Å². The van der Waals surface area contributed by atoms with Gasteiger partial charge < -0.3 is 10.2 Å². The van der Waals surface area contributed by atoms with Crippen LogP contribution in [0.4, 0.5) is 5.69 Å². The fourth-order valence-corrected chi connectivity index (χ4v) is 5.26. The number of carbonyl (C=O) groups is 2. The predicted molar refractivity (Wildman–Crippen MR) is 148 cm³/mol. The monoisotopic (exact) mass is 615 g/mol. The van der Waals surface area contributed by atoms with Gasteiger partial charge in [-0.05, 0) is 44.5 Å². The molecule has 0 aromatic heterocycles. The van der Waals surface area contributed by atoms with E-state index in [0.29, 0.717) is 22.0 Å². The molecule has 2 rings (SSSR count). The second kappa shape index (κ2) is 12.9. The van der Waals surface area contributed by atoms with Crippen molar-refractivity contribution in [2.24, 2.45) is 0 Å². The quantitative estimate of drug-likeness (QED) is 0.329. The fourth-order valence-electron chi connectivity index (χ4n) is 3.20. The fraction of sp³-hybridized carbons (Fsp3) is 0.391. The van der Waals surface area contributed by atoms with Crippen LogP contribution in [0.1, 0.15) is 32.8 Å². The summed E-state index contributed by atoms with van der Waals surface area (Å²) in [6.45, 7) is 4.47. The first-order valence-electron chi connectivity index (χ1n) is 10.8. The number of sulfonamides is 1. The number of hydrogen-bond acceptors (Lipinski definition) is 4. The van der Waals surface area contributed by atoms with E-state index < -0.39 is 34.4 Å². The van der Waals surface area contributed by atoms with Gasteiger partial charge >= 0.3 is 0 Å². The van der Waals surface area contributed by atoms with Crippen LogP contribution in [0.5, 0.6) is 0 Å². The summed E-state index contributed by atoms with van der Waals surface area (Å²) < 4.78 is 26.2. The van der Waals surface area contributed by atoms with Crippen LogP contribution in [0.15, 0.2) is 30.3 Å². The summed E-state index contributed by atoms with van der Waals surface area (Å²) in [7, 11) is -4.01. The first-order valence-corrected chi connectivity index (χ1v) is 14.6. The van der Waals surface area contributed by atoms with Gasteiger partial charge in [-0.1, -0.05) is 71.0 Å². The van der Waals surface area contributed by atoms with E-state index in [9.17, 15) is 18.0 Å². The van der Waals surface area contributed by atoms with E-state index in [1.54, 1.807) is 18.2 Å². The maximum atomic E-state index is 13.6. The van der Waals surface area contributed by atoms with Crippen molar-refractivity contribution in [3.05, 3.63) is 61.0 Å². The second-order valence-corrected chi connectivity index (χ2v) is 12.1. The van der Waals surface area contributed by atoms with Gasteiger partial charge in [0.25, 0.3) is 0 Å². The van der Waals surface area contributed by atoms with Crippen molar-refractivity contribution in [2.75, 3.05) is 17.1 Å². The van der Waals surface area contributed by atoms with Crippen molar-refractivity contribution in [3.63, 3.8) is 0 Å². The number of rotatable bonds is 10. The normalized spacial score (nSPS) is 13.1. The lowest BCUT2D eigenvalue weighted by atomic mass is 10.1. The molecule has 0 aliphatic rings. The molecule has 0 radical (unpaired) electrons. The highest BCUT2D eigenvalue weighted by atomic mass is 35.5. The highest BCUT2D eigenvalue weighted by Crippen LogP contribution is 2.36. The van der Waals surface area contributed by atoms with Gasteiger partial charge in [-0.2, -0.15) is 0 Å². The Morgan fingerprint density at radius 2 is 1.50 bits per heavy atom. The summed E-state index contributed by atoms with van der Waals surface area (Å²) in [5.74, 6) is -1.11. The zero-order valence-electron chi connectivity index (χ0n) is 20.0. The molecule has 0 spiro atoms. The van der Waals surface area contributed by atoms with Crippen LogP contribution in [0.25, 0.3) is 0 Å². The third-order valence-electron chi connectivity index (χ3n) is 5.50. The van der Waals surface area contributed by atoms with E-state index in [0.717, 1.165) is 10.6 Å². The molecule has 0 fully saturated rings. The summed E-state index contributed by atoms with van der Waals surface area (Å²) in [6.07, 6.45) is 1.61. The van der Waals surface area contributed by atoms with Crippen LogP contribution < -0.4 is 9.62 Å². The minimum absolute atomic E-state index is 0.0223. The van der Waals surface area contributed by atoms with E-state index in [1.807, 2.05) is 13.8 Å². The van der Waals surface area contributed by atoms with Gasteiger partial charge in [0.05, 0.1) is 27.0 Å². The first-order chi connectivity index (χ1) is 16.7. The van der Waals surface area contributed by atoms with Crippen molar-refractivity contribution in [3.8, 4) is 0 Å². The zero-order chi connectivity index (χ0) is 27.4. The highest BCUT2D eigenvalue weighted by molar-refractivity contribution is 7.92. The molecule has 2 atom stereocenters. The number of nitrogens with zero attached hydrogens (tertiary/aromatic N) is 2. The maximum absolute atomic E-state index is 13.6. The third kappa shape index (κ3) is 7.79. The molecule has 1 N–H and O–H groups in total. The van der Waals surface area contributed by atoms with Gasteiger partial charge in [0.2, 0.25) is 21.8 Å². The van der Waals surface area contributed by atoms with Crippen LogP contribution in [0.2, 0.25) is 25.1 Å². The molecule has 2 aromatic rings. The summed E-state index contributed by atoms with van der Waals surface area (Å²) in [5, 5.41) is 3.57. The van der Waals surface area contributed by atoms with Crippen molar-refractivity contribution < 1.29 is 18.0 Å². The molecule has 2 unspecified atom stereocenters. The number of halogens is 5. The van der Waals surface area contributed by atoms with E-state index in [4.69, 9.17) is 58.0 Å². The van der Waals surface area contributed by atoms with Crippen molar-refractivity contribution in [1.29, 1.82) is 0 Å². The van der Waals surface area contributed by atoms with E-state index >= 15 is 0 Å². The molecule has 13 heteroatoms. The molecule has 0 aliphatic heterocycles. The van der Waals surface area contributed by atoms with Gasteiger partial charge in [0, 0.05) is 28.2 Å². The summed E-state index contributed by atoms with van der Waals surface area (Å²) in [6, 6.07) is 6.29. The molecule has 7 nitrogen and oxygen atoms in total. The number of anilines is 1. The molecule has 0 bridgehead atoms. The number of hydrogen-bond donors (Lipinski definition) is 1. The largest absolute Gasteiger partial charge is 0.352 e. The molecule has 36 heavy (non-hydrogen) atoms. The van der Waals surface area contributed by atoms with Crippen LogP contribution in [-0.2, 0) is 26.2 Å².